The van der Waals surface area contributed by atoms with E-state index in [1.54, 1.807) is 24.1 Å². The second-order valence-electron chi connectivity index (χ2n) is 6.69. The van der Waals surface area contributed by atoms with Gasteiger partial charge in [0.25, 0.3) is 5.91 Å². The maximum absolute atomic E-state index is 12.4. The fourth-order valence-electron chi connectivity index (χ4n) is 2.63. The Labute approximate surface area is 145 Å². The molecule has 0 aliphatic rings. The van der Waals surface area contributed by atoms with Crippen molar-refractivity contribution < 1.29 is 9.59 Å². The molecule has 0 aromatic heterocycles. The minimum atomic E-state index is -0.348. The summed E-state index contributed by atoms with van der Waals surface area (Å²) in [4.78, 5) is 26.1. The molecular weight excluding hydrogens is 302 g/mol. The van der Waals surface area contributed by atoms with Gasteiger partial charge in [0.15, 0.2) is 0 Å². The van der Waals surface area contributed by atoms with Gasteiger partial charge in [-0.15, -0.1) is 0 Å². The number of hydrogen-bond donors (Lipinski definition) is 2. The van der Waals surface area contributed by atoms with E-state index in [0.717, 1.165) is 18.4 Å². The zero-order chi connectivity index (χ0) is 18.3. The van der Waals surface area contributed by atoms with Crippen molar-refractivity contribution in [3.63, 3.8) is 0 Å². The van der Waals surface area contributed by atoms with Crippen molar-refractivity contribution in [3.8, 4) is 0 Å². The van der Waals surface area contributed by atoms with Gasteiger partial charge >= 0.3 is 0 Å². The van der Waals surface area contributed by atoms with Crippen molar-refractivity contribution in [2.75, 3.05) is 13.6 Å². The number of nitrogens with two attached hydrogens (primary N) is 1. The van der Waals surface area contributed by atoms with Crippen molar-refractivity contribution in [1.82, 2.24) is 10.2 Å². The Hall–Kier alpha value is -1.88. The SMILES string of the molecule is CCC(CC)(CN)NC(=O)c1ccc(CN(C)C(=O)C(C)C)cc1. The van der Waals surface area contributed by atoms with E-state index in [0.29, 0.717) is 18.7 Å². The second kappa shape index (κ2) is 8.83. The average Bonchev–Trinajstić information content (AvgIpc) is 2.59. The molecule has 3 N–H and O–H groups in total. The molecule has 5 nitrogen and oxygen atoms in total. The van der Waals surface area contributed by atoms with E-state index in [1.807, 2.05) is 39.8 Å². The Bertz CT molecular complexity index is 540. The summed E-state index contributed by atoms with van der Waals surface area (Å²) in [6.45, 7) is 8.79. The van der Waals surface area contributed by atoms with Gasteiger partial charge in [-0.05, 0) is 30.5 Å². The summed E-state index contributed by atoms with van der Waals surface area (Å²) < 4.78 is 0. The van der Waals surface area contributed by atoms with Gasteiger partial charge in [0, 0.05) is 31.6 Å². The molecule has 0 atom stereocenters. The van der Waals surface area contributed by atoms with E-state index >= 15 is 0 Å². The van der Waals surface area contributed by atoms with Crippen LogP contribution in [0.25, 0.3) is 0 Å². The third kappa shape index (κ3) is 5.06. The van der Waals surface area contributed by atoms with Crippen LogP contribution in [0, 0.1) is 5.92 Å². The summed E-state index contributed by atoms with van der Waals surface area (Å²) in [5, 5.41) is 3.06. The molecule has 0 unspecified atom stereocenters. The number of amides is 2. The highest BCUT2D eigenvalue weighted by atomic mass is 16.2. The zero-order valence-electron chi connectivity index (χ0n) is 15.6. The van der Waals surface area contributed by atoms with Crippen molar-refractivity contribution in [2.45, 2.75) is 52.6 Å². The van der Waals surface area contributed by atoms with Crippen molar-refractivity contribution in [1.29, 1.82) is 0 Å². The summed E-state index contributed by atoms with van der Waals surface area (Å²) >= 11 is 0. The molecule has 0 heterocycles. The van der Waals surface area contributed by atoms with Crippen molar-refractivity contribution >= 4 is 11.8 Å². The molecule has 0 saturated carbocycles. The number of hydrogen-bond acceptors (Lipinski definition) is 3. The van der Waals surface area contributed by atoms with Gasteiger partial charge in [-0.1, -0.05) is 39.8 Å². The first-order chi connectivity index (χ1) is 11.3. The van der Waals surface area contributed by atoms with Crippen LogP contribution in [0.15, 0.2) is 24.3 Å². The molecule has 0 radical (unpaired) electrons. The summed E-state index contributed by atoms with van der Waals surface area (Å²) in [6, 6.07) is 7.37. The first-order valence-corrected chi connectivity index (χ1v) is 8.65. The molecule has 0 aliphatic heterocycles. The Morgan fingerprint density at radius 2 is 1.71 bits per heavy atom. The molecule has 0 bridgehead atoms. The van der Waals surface area contributed by atoms with Crippen LogP contribution in [0.2, 0.25) is 0 Å². The topological polar surface area (TPSA) is 75.4 Å². The summed E-state index contributed by atoms with van der Waals surface area (Å²) in [5.41, 5.74) is 7.09. The van der Waals surface area contributed by atoms with Crippen LogP contribution in [0.3, 0.4) is 0 Å². The van der Waals surface area contributed by atoms with Crippen LogP contribution in [0.1, 0.15) is 56.5 Å². The minimum absolute atomic E-state index is 0.0208. The quantitative estimate of drug-likeness (QED) is 0.767. The predicted octanol–water partition coefficient (Wildman–Crippen LogP) is 2.55. The fraction of sp³-hybridized carbons (Fsp3) is 0.579. The molecule has 0 fully saturated rings. The van der Waals surface area contributed by atoms with E-state index in [2.05, 4.69) is 5.32 Å². The third-order valence-electron chi connectivity index (χ3n) is 4.63. The van der Waals surface area contributed by atoms with Gasteiger partial charge in [-0.2, -0.15) is 0 Å². The first kappa shape index (κ1) is 20.2. The lowest BCUT2D eigenvalue weighted by atomic mass is 9.92. The van der Waals surface area contributed by atoms with Gasteiger partial charge in [0.1, 0.15) is 0 Å². The molecule has 134 valence electrons. The van der Waals surface area contributed by atoms with Gasteiger partial charge in [-0.3, -0.25) is 9.59 Å². The van der Waals surface area contributed by atoms with Crippen molar-refractivity contribution in [3.05, 3.63) is 35.4 Å². The van der Waals surface area contributed by atoms with Crippen LogP contribution >= 0.6 is 0 Å². The first-order valence-electron chi connectivity index (χ1n) is 8.65. The lowest BCUT2D eigenvalue weighted by Gasteiger charge is -2.31. The van der Waals surface area contributed by atoms with Crippen molar-refractivity contribution in [2.24, 2.45) is 11.7 Å². The molecule has 2 amide bonds. The van der Waals surface area contributed by atoms with E-state index in [9.17, 15) is 9.59 Å². The van der Waals surface area contributed by atoms with Crippen LogP contribution in [-0.4, -0.2) is 35.8 Å². The lowest BCUT2D eigenvalue weighted by molar-refractivity contribution is -0.133. The fourth-order valence-corrected chi connectivity index (χ4v) is 2.63. The van der Waals surface area contributed by atoms with E-state index in [-0.39, 0.29) is 23.3 Å². The van der Waals surface area contributed by atoms with E-state index in [4.69, 9.17) is 5.73 Å². The molecule has 0 aliphatic carbocycles. The highest BCUT2D eigenvalue weighted by Crippen LogP contribution is 2.15. The van der Waals surface area contributed by atoms with Crippen LogP contribution in [-0.2, 0) is 11.3 Å². The molecule has 1 aromatic carbocycles. The monoisotopic (exact) mass is 333 g/mol. The number of nitrogens with zero attached hydrogens (tertiary/aromatic N) is 1. The largest absolute Gasteiger partial charge is 0.345 e. The molecule has 0 saturated heterocycles. The van der Waals surface area contributed by atoms with Crippen LogP contribution in [0.5, 0.6) is 0 Å². The summed E-state index contributed by atoms with van der Waals surface area (Å²) in [7, 11) is 1.79. The Balaban J connectivity index is 2.77. The number of carbonyl (C=O) groups excluding carboxylic acids is 2. The summed E-state index contributed by atoms with van der Waals surface area (Å²) in [5.74, 6) is -0.0229. The van der Waals surface area contributed by atoms with E-state index < -0.39 is 0 Å². The molecular formula is C19H31N3O2. The molecule has 1 aromatic rings. The predicted molar refractivity (Wildman–Crippen MR) is 97.6 cm³/mol. The normalized spacial score (nSPS) is 11.5. The summed E-state index contributed by atoms with van der Waals surface area (Å²) in [6.07, 6.45) is 1.60. The van der Waals surface area contributed by atoms with Gasteiger partial charge in [-0.25, -0.2) is 0 Å². The number of carbonyl (C=O) groups is 2. The van der Waals surface area contributed by atoms with Crippen LogP contribution in [0.4, 0.5) is 0 Å². The zero-order valence-corrected chi connectivity index (χ0v) is 15.6. The van der Waals surface area contributed by atoms with Crippen LogP contribution < -0.4 is 11.1 Å². The lowest BCUT2D eigenvalue weighted by Crippen LogP contribution is -2.52. The number of rotatable bonds is 8. The molecule has 0 spiro atoms. The smallest absolute Gasteiger partial charge is 0.251 e. The van der Waals surface area contributed by atoms with Gasteiger partial charge in [0.2, 0.25) is 5.91 Å². The highest BCUT2D eigenvalue weighted by molar-refractivity contribution is 5.94. The van der Waals surface area contributed by atoms with Gasteiger partial charge < -0.3 is 16.0 Å². The third-order valence-corrected chi connectivity index (χ3v) is 4.63. The molecule has 1 rings (SSSR count). The molecule has 24 heavy (non-hydrogen) atoms. The molecule has 5 heteroatoms. The maximum Gasteiger partial charge on any atom is 0.251 e. The minimum Gasteiger partial charge on any atom is -0.345 e. The highest BCUT2D eigenvalue weighted by Gasteiger charge is 2.26. The Morgan fingerprint density at radius 3 is 2.12 bits per heavy atom. The Kier molecular flexibility index (Phi) is 7.42. The van der Waals surface area contributed by atoms with E-state index in [1.165, 1.54) is 0 Å². The average molecular weight is 333 g/mol. The standard InChI is InChI=1S/C19H31N3O2/c1-6-19(7-2,13-20)21-17(23)16-10-8-15(9-11-16)12-22(5)18(24)14(3)4/h8-11,14H,6-7,12-13,20H2,1-5H3,(H,21,23). The second-order valence-corrected chi connectivity index (χ2v) is 6.69. The Morgan fingerprint density at radius 1 is 1.17 bits per heavy atom. The number of nitrogens with one attached hydrogen (secondary N) is 1. The number of benzene rings is 1. The maximum atomic E-state index is 12.4. The van der Waals surface area contributed by atoms with Gasteiger partial charge in [0.05, 0.1) is 5.54 Å².